The number of halogens is 1. The summed E-state index contributed by atoms with van der Waals surface area (Å²) in [6, 6.07) is 7.48. The van der Waals surface area contributed by atoms with Crippen molar-refractivity contribution >= 4 is 33.6 Å². The first kappa shape index (κ1) is 15.8. The molecular formula is C15H20BrN3O2. The van der Waals surface area contributed by atoms with Crippen molar-refractivity contribution in [3.05, 3.63) is 28.7 Å². The maximum absolute atomic E-state index is 12.3. The maximum atomic E-state index is 12.3. The fraction of sp³-hybridized carbons (Fsp3) is 0.467. The molecule has 1 heterocycles. The largest absolute Gasteiger partial charge is 0.331 e. The molecule has 5 nitrogen and oxygen atoms in total. The van der Waals surface area contributed by atoms with Crippen LogP contribution in [0.4, 0.5) is 10.5 Å². The Hall–Kier alpha value is -1.56. The molecule has 1 atom stereocenters. The second kappa shape index (κ2) is 6.93. The number of hydrogen-bond donors (Lipinski definition) is 1. The van der Waals surface area contributed by atoms with Crippen molar-refractivity contribution < 1.29 is 9.59 Å². The topological polar surface area (TPSA) is 52.7 Å². The highest BCUT2D eigenvalue weighted by Gasteiger charge is 2.29. The first-order chi connectivity index (χ1) is 9.97. The molecule has 21 heavy (non-hydrogen) atoms. The number of hydrogen-bond acceptors (Lipinski definition) is 2. The van der Waals surface area contributed by atoms with Crippen molar-refractivity contribution in [1.82, 2.24) is 9.80 Å². The highest BCUT2D eigenvalue weighted by molar-refractivity contribution is 9.10. The third kappa shape index (κ3) is 4.20. The van der Waals surface area contributed by atoms with Gasteiger partial charge in [0.1, 0.15) is 0 Å². The smallest absolute Gasteiger partial charge is 0.319 e. The lowest BCUT2D eigenvalue weighted by Gasteiger charge is -2.33. The van der Waals surface area contributed by atoms with E-state index in [0.29, 0.717) is 6.54 Å². The molecule has 0 bridgehead atoms. The van der Waals surface area contributed by atoms with Crippen LogP contribution in [0, 0.1) is 5.92 Å². The van der Waals surface area contributed by atoms with Crippen molar-refractivity contribution in [2.75, 3.05) is 32.5 Å². The van der Waals surface area contributed by atoms with Crippen molar-refractivity contribution in [1.29, 1.82) is 0 Å². The Balaban J connectivity index is 1.97. The zero-order valence-electron chi connectivity index (χ0n) is 12.3. The van der Waals surface area contributed by atoms with Gasteiger partial charge in [0.05, 0.1) is 5.92 Å². The molecule has 1 N–H and O–H groups in total. The summed E-state index contributed by atoms with van der Waals surface area (Å²) in [6.45, 7) is 1.20. The molecule has 1 aliphatic heterocycles. The predicted molar refractivity (Wildman–Crippen MR) is 86.2 cm³/mol. The molecular weight excluding hydrogens is 334 g/mol. The molecule has 2 rings (SSSR count). The molecule has 1 aliphatic rings. The van der Waals surface area contributed by atoms with E-state index in [2.05, 4.69) is 21.2 Å². The number of amides is 3. The number of likely N-dealkylation sites (tertiary alicyclic amines) is 1. The Morgan fingerprint density at radius 1 is 1.38 bits per heavy atom. The van der Waals surface area contributed by atoms with E-state index in [1.54, 1.807) is 23.9 Å². The molecule has 114 valence electrons. The second-order valence-corrected chi connectivity index (χ2v) is 6.38. The number of anilines is 1. The van der Waals surface area contributed by atoms with Gasteiger partial charge in [0, 0.05) is 37.3 Å². The lowest BCUT2D eigenvalue weighted by atomic mass is 9.97. The van der Waals surface area contributed by atoms with Crippen molar-refractivity contribution in [2.24, 2.45) is 5.92 Å². The number of piperidine rings is 1. The minimum Gasteiger partial charge on any atom is -0.331 e. The van der Waals surface area contributed by atoms with Crippen LogP contribution in [0.15, 0.2) is 28.7 Å². The third-order valence-corrected chi connectivity index (χ3v) is 4.03. The van der Waals surface area contributed by atoms with Gasteiger partial charge in [-0.2, -0.15) is 0 Å². The van der Waals surface area contributed by atoms with Crippen LogP contribution >= 0.6 is 15.9 Å². The third-order valence-electron chi connectivity index (χ3n) is 3.54. The van der Waals surface area contributed by atoms with E-state index in [1.807, 2.05) is 24.3 Å². The van der Waals surface area contributed by atoms with E-state index < -0.39 is 0 Å². The van der Waals surface area contributed by atoms with Crippen LogP contribution in [0.25, 0.3) is 0 Å². The summed E-state index contributed by atoms with van der Waals surface area (Å²) < 4.78 is 0.924. The quantitative estimate of drug-likeness (QED) is 0.888. The van der Waals surface area contributed by atoms with Crippen LogP contribution in [-0.2, 0) is 4.79 Å². The fourth-order valence-corrected chi connectivity index (χ4v) is 2.86. The number of nitrogens with zero attached hydrogens (tertiary/aromatic N) is 2. The van der Waals surface area contributed by atoms with Crippen molar-refractivity contribution in [2.45, 2.75) is 12.8 Å². The maximum Gasteiger partial charge on any atom is 0.319 e. The van der Waals surface area contributed by atoms with Gasteiger partial charge >= 0.3 is 6.03 Å². The van der Waals surface area contributed by atoms with Crippen LogP contribution in [0.1, 0.15) is 12.8 Å². The number of carbonyl (C=O) groups excluding carboxylic acids is 2. The van der Waals surface area contributed by atoms with E-state index in [9.17, 15) is 9.59 Å². The Morgan fingerprint density at radius 3 is 2.81 bits per heavy atom. The van der Waals surface area contributed by atoms with Gasteiger partial charge in [-0.05, 0) is 31.0 Å². The summed E-state index contributed by atoms with van der Waals surface area (Å²) in [4.78, 5) is 27.6. The molecule has 0 aliphatic carbocycles. The number of nitrogens with one attached hydrogen (secondary N) is 1. The number of urea groups is 1. The van der Waals surface area contributed by atoms with Gasteiger partial charge in [-0.25, -0.2) is 4.79 Å². The standard InChI is InChI=1S/C15H20BrN3O2/c1-18(2)15(21)19-8-4-5-11(10-19)14(20)17-13-7-3-6-12(16)9-13/h3,6-7,9,11H,4-5,8,10H2,1-2H3,(H,17,20)/t11-/m0/s1. The summed E-state index contributed by atoms with van der Waals surface area (Å²) in [5, 5.41) is 2.92. The molecule has 0 saturated carbocycles. The van der Waals surface area contributed by atoms with Gasteiger partial charge < -0.3 is 15.1 Å². The average molecular weight is 354 g/mol. The first-order valence-corrected chi connectivity index (χ1v) is 7.79. The van der Waals surface area contributed by atoms with Crippen LogP contribution < -0.4 is 5.32 Å². The molecule has 3 amide bonds. The Kier molecular flexibility index (Phi) is 5.22. The van der Waals surface area contributed by atoms with Gasteiger partial charge in [0.15, 0.2) is 0 Å². The monoisotopic (exact) mass is 353 g/mol. The molecule has 6 heteroatoms. The van der Waals surface area contributed by atoms with Gasteiger partial charge in [0.2, 0.25) is 5.91 Å². The summed E-state index contributed by atoms with van der Waals surface area (Å²) >= 11 is 3.38. The van der Waals surface area contributed by atoms with Gasteiger partial charge in [0.25, 0.3) is 0 Å². The molecule has 0 unspecified atom stereocenters. The van der Waals surface area contributed by atoms with Crippen molar-refractivity contribution in [3.8, 4) is 0 Å². The molecule has 1 saturated heterocycles. The van der Waals surface area contributed by atoms with Crippen LogP contribution in [0.2, 0.25) is 0 Å². The average Bonchev–Trinajstić information content (AvgIpc) is 2.46. The lowest BCUT2D eigenvalue weighted by molar-refractivity contribution is -0.121. The van der Waals surface area contributed by atoms with Crippen LogP contribution in [0.3, 0.4) is 0 Å². The van der Waals surface area contributed by atoms with E-state index in [-0.39, 0.29) is 17.9 Å². The van der Waals surface area contributed by atoms with Crippen LogP contribution in [-0.4, -0.2) is 48.9 Å². The van der Waals surface area contributed by atoms with E-state index in [4.69, 9.17) is 0 Å². The molecule has 1 fully saturated rings. The molecule has 0 radical (unpaired) electrons. The van der Waals surface area contributed by atoms with Gasteiger partial charge in [-0.15, -0.1) is 0 Å². The zero-order chi connectivity index (χ0) is 15.4. The Morgan fingerprint density at radius 2 is 2.14 bits per heavy atom. The predicted octanol–water partition coefficient (Wildman–Crippen LogP) is 2.78. The lowest BCUT2D eigenvalue weighted by Crippen LogP contribution is -2.47. The van der Waals surface area contributed by atoms with Crippen LogP contribution in [0.5, 0.6) is 0 Å². The second-order valence-electron chi connectivity index (χ2n) is 5.46. The normalized spacial score (nSPS) is 18.2. The van der Waals surface area contributed by atoms with E-state index in [0.717, 1.165) is 29.5 Å². The highest BCUT2D eigenvalue weighted by atomic mass is 79.9. The van der Waals surface area contributed by atoms with Gasteiger partial charge in [-0.1, -0.05) is 22.0 Å². The minimum absolute atomic E-state index is 0.0237. The molecule has 0 aromatic heterocycles. The molecule has 1 aromatic carbocycles. The van der Waals surface area contributed by atoms with E-state index >= 15 is 0 Å². The van der Waals surface area contributed by atoms with E-state index in [1.165, 1.54) is 0 Å². The molecule has 0 spiro atoms. The summed E-state index contributed by atoms with van der Waals surface area (Å²) in [5.41, 5.74) is 0.769. The summed E-state index contributed by atoms with van der Waals surface area (Å²) in [5.74, 6) is -0.175. The Labute approximate surface area is 133 Å². The molecule has 1 aromatic rings. The van der Waals surface area contributed by atoms with Crippen molar-refractivity contribution in [3.63, 3.8) is 0 Å². The Bertz CT molecular complexity index is 533. The zero-order valence-corrected chi connectivity index (χ0v) is 13.9. The summed E-state index contributed by atoms with van der Waals surface area (Å²) in [6.07, 6.45) is 1.67. The summed E-state index contributed by atoms with van der Waals surface area (Å²) in [7, 11) is 3.46. The fourth-order valence-electron chi connectivity index (χ4n) is 2.46. The number of carbonyl (C=O) groups is 2. The minimum atomic E-state index is -0.151. The number of rotatable bonds is 2. The number of benzene rings is 1. The highest BCUT2D eigenvalue weighted by Crippen LogP contribution is 2.21. The SMILES string of the molecule is CN(C)C(=O)N1CCC[C@H](C(=O)Nc2cccc(Br)c2)C1. The van der Waals surface area contributed by atoms with Gasteiger partial charge in [-0.3, -0.25) is 4.79 Å². The first-order valence-electron chi connectivity index (χ1n) is 7.00.